The summed E-state index contributed by atoms with van der Waals surface area (Å²) < 4.78 is 0. The Morgan fingerprint density at radius 1 is 1.74 bits per heavy atom. The van der Waals surface area contributed by atoms with Gasteiger partial charge in [-0.25, -0.2) is 4.98 Å². The van der Waals surface area contributed by atoms with Crippen molar-refractivity contribution in [3.63, 3.8) is 0 Å². The molecular weight excluding hydrogens is 270 g/mol. The van der Waals surface area contributed by atoms with E-state index >= 15 is 0 Å². The van der Waals surface area contributed by atoms with Crippen LogP contribution in [-0.4, -0.2) is 21.9 Å². The number of hydrogen-bond acceptors (Lipinski definition) is 4. The van der Waals surface area contributed by atoms with Crippen molar-refractivity contribution in [3.05, 3.63) is 33.1 Å². The van der Waals surface area contributed by atoms with Gasteiger partial charge in [0.05, 0.1) is 11.0 Å². The van der Waals surface area contributed by atoms with Gasteiger partial charge in [-0.15, -0.1) is 6.42 Å². The molecule has 1 aromatic rings. The van der Waals surface area contributed by atoms with Crippen LogP contribution in [0.15, 0.2) is 12.3 Å². The fourth-order valence-electron chi connectivity index (χ4n) is 1.47. The molecule has 0 saturated heterocycles. The Morgan fingerprint density at radius 3 is 2.95 bits per heavy atom. The maximum atomic E-state index is 12.0. The molecule has 0 aliphatic rings. The lowest BCUT2D eigenvalue weighted by Crippen LogP contribution is -2.34. The van der Waals surface area contributed by atoms with Crippen LogP contribution in [0.4, 0.5) is 5.69 Å². The molecule has 7 heteroatoms. The number of amides is 1. The summed E-state index contributed by atoms with van der Waals surface area (Å²) in [6, 6.07) is 0.679. The van der Waals surface area contributed by atoms with Crippen molar-refractivity contribution in [2.45, 2.75) is 25.8 Å². The second-order valence-corrected chi connectivity index (χ2v) is 4.15. The largest absolute Gasteiger partial charge is 0.338 e. The fraction of sp³-hybridized carbons (Fsp3) is 0.333. The predicted molar refractivity (Wildman–Crippen MR) is 70.9 cm³/mol. The number of pyridine rings is 1. The molecule has 0 bridgehead atoms. The summed E-state index contributed by atoms with van der Waals surface area (Å²) >= 11 is 5.64. The highest BCUT2D eigenvalue weighted by atomic mass is 35.5. The van der Waals surface area contributed by atoms with E-state index in [-0.39, 0.29) is 10.7 Å². The standard InChI is InChI=1S/C12H12ClN3O3/c1-3-5-8(4-2)15-12(17)9-6-11(13)14-7-10(9)16(18)19/h2,6-8H,3,5H2,1H3,(H,15,17). The van der Waals surface area contributed by atoms with Crippen molar-refractivity contribution >= 4 is 23.2 Å². The first-order valence-electron chi connectivity index (χ1n) is 5.56. The zero-order valence-corrected chi connectivity index (χ0v) is 11.0. The first kappa shape index (κ1) is 14.9. The van der Waals surface area contributed by atoms with E-state index in [1.807, 2.05) is 6.92 Å². The predicted octanol–water partition coefficient (Wildman–Crippen LogP) is 2.17. The highest BCUT2D eigenvalue weighted by molar-refractivity contribution is 6.29. The van der Waals surface area contributed by atoms with Crippen LogP contribution >= 0.6 is 11.6 Å². The van der Waals surface area contributed by atoms with E-state index in [4.69, 9.17) is 18.0 Å². The van der Waals surface area contributed by atoms with E-state index in [0.29, 0.717) is 6.42 Å². The lowest BCUT2D eigenvalue weighted by Gasteiger charge is -2.12. The number of halogens is 1. The van der Waals surface area contributed by atoms with Crippen molar-refractivity contribution in [1.29, 1.82) is 0 Å². The maximum Gasteiger partial charge on any atom is 0.300 e. The molecule has 0 aromatic carbocycles. The number of carbonyl (C=O) groups excluding carboxylic acids is 1. The van der Waals surface area contributed by atoms with Gasteiger partial charge in [0.25, 0.3) is 11.6 Å². The van der Waals surface area contributed by atoms with Crippen molar-refractivity contribution in [2.75, 3.05) is 0 Å². The molecule has 1 unspecified atom stereocenters. The van der Waals surface area contributed by atoms with Crippen LogP contribution in [0.5, 0.6) is 0 Å². The molecule has 0 saturated carbocycles. The Balaban J connectivity index is 3.02. The van der Waals surface area contributed by atoms with E-state index < -0.39 is 22.6 Å². The molecule has 0 radical (unpaired) electrons. The van der Waals surface area contributed by atoms with Gasteiger partial charge >= 0.3 is 0 Å². The number of rotatable bonds is 5. The number of nitro groups is 1. The molecule has 0 fully saturated rings. The molecule has 1 rings (SSSR count). The summed E-state index contributed by atoms with van der Waals surface area (Å²) in [6.45, 7) is 1.92. The molecule has 0 aliphatic carbocycles. The van der Waals surface area contributed by atoms with Crippen molar-refractivity contribution < 1.29 is 9.72 Å². The van der Waals surface area contributed by atoms with E-state index in [0.717, 1.165) is 18.7 Å². The Kier molecular flexibility index (Phi) is 5.27. The molecule has 1 heterocycles. The van der Waals surface area contributed by atoms with Crippen LogP contribution < -0.4 is 5.32 Å². The van der Waals surface area contributed by atoms with Gasteiger partial charge in [0.15, 0.2) is 0 Å². The molecule has 100 valence electrons. The molecule has 0 aliphatic heterocycles. The molecule has 6 nitrogen and oxygen atoms in total. The summed E-state index contributed by atoms with van der Waals surface area (Å²) in [5.74, 6) is 1.78. The van der Waals surface area contributed by atoms with Gasteiger partial charge in [0, 0.05) is 0 Å². The van der Waals surface area contributed by atoms with Crippen LogP contribution in [0, 0.1) is 22.5 Å². The number of nitrogens with one attached hydrogen (secondary N) is 1. The molecule has 1 N–H and O–H groups in total. The van der Waals surface area contributed by atoms with Crippen molar-refractivity contribution in [2.24, 2.45) is 0 Å². The molecule has 19 heavy (non-hydrogen) atoms. The van der Waals surface area contributed by atoms with Crippen LogP contribution in [-0.2, 0) is 0 Å². The molecule has 1 atom stereocenters. The summed E-state index contributed by atoms with van der Waals surface area (Å²) in [6.07, 6.45) is 7.60. The molecule has 1 aromatic heterocycles. The lowest BCUT2D eigenvalue weighted by molar-refractivity contribution is -0.385. The second kappa shape index (κ2) is 6.71. The van der Waals surface area contributed by atoms with Crippen LogP contribution in [0.2, 0.25) is 5.15 Å². The normalized spacial score (nSPS) is 11.4. The second-order valence-electron chi connectivity index (χ2n) is 3.76. The van der Waals surface area contributed by atoms with E-state index in [9.17, 15) is 14.9 Å². The Labute approximate surface area is 115 Å². The topological polar surface area (TPSA) is 85.1 Å². The van der Waals surface area contributed by atoms with Crippen LogP contribution in [0.25, 0.3) is 0 Å². The van der Waals surface area contributed by atoms with Gasteiger partial charge in [0.2, 0.25) is 0 Å². The molecule has 0 spiro atoms. The average Bonchev–Trinajstić information content (AvgIpc) is 2.37. The monoisotopic (exact) mass is 281 g/mol. The molecule has 1 amide bonds. The van der Waals surface area contributed by atoms with Gasteiger partial charge in [-0.05, 0) is 12.5 Å². The zero-order chi connectivity index (χ0) is 14.4. The highest BCUT2D eigenvalue weighted by Crippen LogP contribution is 2.20. The number of terminal acetylenes is 1. The summed E-state index contributed by atoms with van der Waals surface area (Å²) in [7, 11) is 0. The van der Waals surface area contributed by atoms with Gasteiger partial charge < -0.3 is 5.32 Å². The first-order valence-corrected chi connectivity index (χ1v) is 5.94. The maximum absolute atomic E-state index is 12.0. The van der Waals surface area contributed by atoms with Crippen LogP contribution in [0.3, 0.4) is 0 Å². The first-order chi connectivity index (χ1) is 8.99. The third-order valence-corrected chi connectivity index (χ3v) is 2.58. The highest BCUT2D eigenvalue weighted by Gasteiger charge is 2.22. The van der Waals surface area contributed by atoms with E-state index in [1.165, 1.54) is 0 Å². The van der Waals surface area contributed by atoms with E-state index in [1.54, 1.807) is 0 Å². The lowest BCUT2D eigenvalue weighted by atomic mass is 10.1. The number of carbonyl (C=O) groups is 1. The van der Waals surface area contributed by atoms with Gasteiger partial charge in [0.1, 0.15) is 16.9 Å². The van der Waals surface area contributed by atoms with Gasteiger partial charge in [-0.1, -0.05) is 30.9 Å². The minimum atomic E-state index is -0.692. The van der Waals surface area contributed by atoms with Gasteiger partial charge in [-0.2, -0.15) is 0 Å². The Hall–Kier alpha value is -2.13. The van der Waals surface area contributed by atoms with E-state index in [2.05, 4.69) is 16.2 Å². The van der Waals surface area contributed by atoms with Gasteiger partial charge in [-0.3, -0.25) is 14.9 Å². The van der Waals surface area contributed by atoms with Crippen molar-refractivity contribution in [1.82, 2.24) is 10.3 Å². The third-order valence-electron chi connectivity index (χ3n) is 2.37. The molecular formula is C12H12ClN3O3. The smallest absolute Gasteiger partial charge is 0.300 e. The average molecular weight is 282 g/mol. The van der Waals surface area contributed by atoms with Crippen molar-refractivity contribution in [3.8, 4) is 12.3 Å². The van der Waals surface area contributed by atoms with Crippen LogP contribution in [0.1, 0.15) is 30.1 Å². The SMILES string of the molecule is C#CC(CCC)NC(=O)c1cc(Cl)ncc1[N+](=O)[O-]. The zero-order valence-electron chi connectivity index (χ0n) is 10.2. The summed E-state index contributed by atoms with van der Waals surface area (Å²) in [5, 5.41) is 13.4. The Morgan fingerprint density at radius 2 is 2.42 bits per heavy atom. The summed E-state index contributed by atoms with van der Waals surface area (Å²) in [5.41, 5.74) is -0.560. The minimum Gasteiger partial charge on any atom is -0.338 e. The Bertz CT molecular complexity index is 540. The quantitative estimate of drug-likeness (QED) is 0.388. The number of hydrogen-bond donors (Lipinski definition) is 1. The fourth-order valence-corrected chi connectivity index (χ4v) is 1.63. The number of nitrogens with zero attached hydrogens (tertiary/aromatic N) is 2. The third kappa shape index (κ3) is 3.93. The number of aromatic nitrogens is 1. The summed E-state index contributed by atoms with van der Waals surface area (Å²) in [4.78, 5) is 25.7. The minimum absolute atomic E-state index is 0.00324.